The number of benzene rings is 2. The zero-order chi connectivity index (χ0) is 20.3. The van der Waals surface area contributed by atoms with Crippen molar-refractivity contribution in [3.63, 3.8) is 0 Å². The molecule has 1 N–H and O–H groups in total. The van der Waals surface area contributed by atoms with Crippen LogP contribution in [0.5, 0.6) is 11.6 Å². The normalized spacial score (nSPS) is 12.6. The van der Waals surface area contributed by atoms with Gasteiger partial charge in [0.1, 0.15) is 5.75 Å². The van der Waals surface area contributed by atoms with Crippen LogP contribution < -0.4 is 10.1 Å². The van der Waals surface area contributed by atoms with Gasteiger partial charge in [-0.15, -0.1) is 0 Å². The second-order valence-electron chi connectivity index (χ2n) is 6.46. The van der Waals surface area contributed by atoms with Gasteiger partial charge in [-0.25, -0.2) is 4.98 Å². The van der Waals surface area contributed by atoms with Gasteiger partial charge in [-0.3, -0.25) is 4.79 Å². The smallest absolute Gasteiger partial charge is 0.416 e. The first-order valence-electron chi connectivity index (χ1n) is 8.82. The van der Waals surface area contributed by atoms with Crippen molar-refractivity contribution >= 4 is 16.7 Å². The van der Waals surface area contributed by atoms with Crippen molar-refractivity contribution in [2.45, 2.75) is 32.5 Å². The molecule has 1 atom stereocenters. The molecule has 0 saturated carbocycles. The Balaban J connectivity index is 1.85. The third-order valence-electron chi connectivity index (χ3n) is 4.38. The van der Waals surface area contributed by atoms with E-state index >= 15 is 0 Å². The third-order valence-corrected chi connectivity index (χ3v) is 4.38. The van der Waals surface area contributed by atoms with Crippen LogP contribution >= 0.6 is 0 Å². The van der Waals surface area contributed by atoms with Gasteiger partial charge in [-0.05, 0) is 67.3 Å². The summed E-state index contributed by atoms with van der Waals surface area (Å²) in [7, 11) is 0. The van der Waals surface area contributed by atoms with Gasteiger partial charge in [0, 0.05) is 23.2 Å². The molecule has 0 aliphatic heterocycles. The monoisotopic (exact) mass is 388 g/mol. The Hall–Kier alpha value is -3.09. The highest BCUT2D eigenvalue weighted by molar-refractivity contribution is 5.99. The predicted molar refractivity (Wildman–Crippen MR) is 100 cm³/mol. The Morgan fingerprint density at radius 3 is 2.50 bits per heavy atom. The van der Waals surface area contributed by atoms with Crippen LogP contribution in [0.25, 0.3) is 10.8 Å². The number of amides is 1. The molecule has 4 nitrogen and oxygen atoms in total. The summed E-state index contributed by atoms with van der Waals surface area (Å²) in [6.07, 6.45) is -2.05. The van der Waals surface area contributed by atoms with Crippen molar-refractivity contribution in [1.29, 1.82) is 0 Å². The minimum absolute atomic E-state index is 0.0687. The van der Waals surface area contributed by atoms with Crippen LogP contribution in [0.2, 0.25) is 0 Å². The molecule has 0 unspecified atom stereocenters. The van der Waals surface area contributed by atoms with Gasteiger partial charge in [0.2, 0.25) is 5.88 Å². The molecule has 0 radical (unpaired) electrons. The van der Waals surface area contributed by atoms with E-state index in [9.17, 15) is 18.0 Å². The molecule has 28 heavy (non-hydrogen) atoms. The predicted octanol–water partition coefficient (Wildman–Crippen LogP) is 5.57. The second-order valence-corrected chi connectivity index (χ2v) is 6.46. The van der Waals surface area contributed by atoms with E-state index in [1.54, 1.807) is 24.3 Å². The van der Waals surface area contributed by atoms with Crippen molar-refractivity contribution in [1.82, 2.24) is 10.3 Å². The lowest BCUT2D eigenvalue weighted by atomic mass is 10.1. The van der Waals surface area contributed by atoms with Crippen LogP contribution in [0.4, 0.5) is 13.2 Å². The molecule has 1 aromatic heterocycles. The number of hydrogen-bond donors (Lipinski definition) is 1. The summed E-state index contributed by atoms with van der Waals surface area (Å²) >= 11 is 0. The Morgan fingerprint density at radius 1 is 1.14 bits per heavy atom. The Kier molecular flexibility index (Phi) is 5.53. The zero-order valence-electron chi connectivity index (χ0n) is 15.4. The van der Waals surface area contributed by atoms with E-state index in [4.69, 9.17) is 4.74 Å². The van der Waals surface area contributed by atoms with Crippen LogP contribution in [-0.2, 0) is 6.18 Å². The largest absolute Gasteiger partial charge is 0.438 e. The lowest BCUT2D eigenvalue weighted by Crippen LogP contribution is -2.31. The van der Waals surface area contributed by atoms with E-state index in [-0.39, 0.29) is 23.6 Å². The maximum absolute atomic E-state index is 12.7. The van der Waals surface area contributed by atoms with Crippen LogP contribution in [-0.4, -0.2) is 16.9 Å². The summed E-state index contributed by atoms with van der Waals surface area (Å²) in [5.41, 5.74) is -0.234. The number of ether oxygens (including phenoxy) is 1. The number of carbonyl (C=O) groups excluding carboxylic acids is 1. The maximum atomic E-state index is 12.7. The van der Waals surface area contributed by atoms with Crippen LogP contribution in [0, 0.1) is 0 Å². The maximum Gasteiger partial charge on any atom is 0.416 e. The molecule has 0 saturated heterocycles. The summed E-state index contributed by atoms with van der Waals surface area (Å²) in [4.78, 5) is 16.5. The minimum Gasteiger partial charge on any atom is -0.438 e. The molecule has 2 aromatic carbocycles. The molecule has 0 fully saturated rings. The highest BCUT2D eigenvalue weighted by atomic mass is 19.4. The molecule has 0 aliphatic rings. The molecule has 1 amide bonds. The molecule has 146 valence electrons. The van der Waals surface area contributed by atoms with E-state index in [1.807, 2.05) is 13.8 Å². The van der Waals surface area contributed by atoms with Gasteiger partial charge in [-0.2, -0.15) is 13.2 Å². The first kappa shape index (κ1) is 19.7. The second kappa shape index (κ2) is 7.88. The number of hydrogen-bond acceptors (Lipinski definition) is 3. The van der Waals surface area contributed by atoms with Gasteiger partial charge in [0.15, 0.2) is 0 Å². The fraction of sp³-hybridized carbons (Fsp3) is 0.238. The number of pyridine rings is 1. The van der Waals surface area contributed by atoms with E-state index in [2.05, 4.69) is 10.3 Å². The van der Waals surface area contributed by atoms with Crippen molar-refractivity contribution in [2.24, 2.45) is 0 Å². The number of nitrogens with zero attached hydrogens (tertiary/aromatic N) is 1. The highest BCUT2D eigenvalue weighted by Crippen LogP contribution is 2.32. The summed E-state index contributed by atoms with van der Waals surface area (Å²) in [5, 5.41) is 4.30. The minimum atomic E-state index is -4.40. The molecule has 3 aromatic rings. The fourth-order valence-corrected chi connectivity index (χ4v) is 2.61. The van der Waals surface area contributed by atoms with Crippen molar-refractivity contribution in [3.8, 4) is 11.6 Å². The van der Waals surface area contributed by atoms with Crippen molar-refractivity contribution < 1.29 is 22.7 Å². The highest BCUT2D eigenvalue weighted by Gasteiger charge is 2.30. The van der Waals surface area contributed by atoms with Crippen LogP contribution in [0.15, 0.2) is 54.7 Å². The van der Waals surface area contributed by atoms with E-state index in [0.29, 0.717) is 10.9 Å². The molecule has 3 rings (SSSR count). The number of alkyl halides is 3. The number of carbonyl (C=O) groups is 1. The lowest BCUT2D eigenvalue weighted by Gasteiger charge is -2.13. The Morgan fingerprint density at radius 2 is 1.86 bits per heavy atom. The standard InChI is InChI=1S/C21H19F3N2O2/c1-3-13(2)26-19(27)15-4-9-18-14(12-15)10-11-25-20(18)28-17-7-5-16(6-8-17)21(22,23)24/h4-13H,3H2,1-2H3,(H,26,27)/t13-/m1/s1. The van der Waals surface area contributed by atoms with E-state index in [0.717, 1.165) is 23.9 Å². The fourth-order valence-electron chi connectivity index (χ4n) is 2.61. The summed E-state index contributed by atoms with van der Waals surface area (Å²) < 4.78 is 43.7. The Labute approximate surface area is 160 Å². The van der Waals surface area contributed by atoms with Gasteiger partial charge in [0.05, 0.1) is 5.56 Å². The van der Waals surface area contributed by atoms with Crippen LogP contribution in [0.3, 0.4) is 0 Å². The molecule has 1 heterocycles. The van der Waals surface area contributed by atoms with Crippen molar-refractivity contribution in [2.75, 3.05) is 0 Å². The third kappa shape index (κ3) is 4.42. The van der Waals surface area contributed by atoms with Crippen LogP contribution in [0.1, 0.15) is 36.2 Å². The number of nitrogens with one attached hydrogen (secondary N) is 1. The van der Waals surface area contributed by atoms with Gasteiger partial charge in [-0.1, -0.05) is 6.92 Å². The summed E-state index contributed by atoms with van der Waals surface area (Å²) in [6.45, 7) is 3.92. The van der Waals surface area contributed by atoms with Crippen molar-refractivity contribution in [3.05, 3.63) is 65.9 Å². The summed E-state index contributed by atoms with van der Waals surface area (Å²) in [5.74, 6) is 0.330. The molecule has 0 spiro atoms. The quantitative estimate of drug-likeness (QED) is 0.621. The average Bonchev–Trinajstić information content (AvgIpc) is 2.67. The summed E-state index contributed by atoms with van der Waals surface area (Å²) in [6, 6.07) is 11.3. The molecular weight excluding hydrogens is 369 g/mol. The molecule has 0 aliphatic carbocycles. The number of halogens is 3. The lowest BCUT2D eigenvalue weighted by molar-refractivity contribution is -0.137. The SMILES string of the molecule is CC[C@@H](C)NC(=O)c1ccc2c(Oc3ccc(C(F)(F)F)cc3)nccc2c1. The topological polar surface area (TPSA) is 51.2 Å². The van der Waals surface area contributed by atoms with E-state index in [1.165, 1.54) is 18.3 Å². The first-order chi connectivity index (χ1) is 13.3. The van der Waals surface area contributed by atoms with Gasteiger partial charge >= 0.3 is 6.18 Å². The molecular formula is C21H19F3N2O2. The van der Waals surface area contributed by atoms with E-state index < -0.39 is 11.7 Å². The van der Waals surface area contributed by atoms with Gasteiger partial charge < -0.3 is 10.1 Å². The number of fused-ring (bicyclic) bond motifs is 1. The average molecular weight is 388 g/mol. The number of rotatable bonds is 5. The first-order valence-corrected chi connectivity index (χ1v) is 8.82. The molecule has 0 bridgehead atoms. The number of aromatic nitrogens is 1. The Bertz CT molecular complexity index is 985. The molecule has 7 heteroatoms. The van der Waals surface area contributed by atoms with Gasteiger partial charge in [0.25, 0.3) is 5.91 Å². The zero-order valence-corrected chi connectivity index (χ0v) is 15.4.